The molecule has 0 aromatic rings. The Morgan fingerprint density at radius 2 is 1.46 bits per heavy atom. The molecule has 0 saturated heterocycles. The summed E-state index contributed by atoms with van der Waals surface area (Å²) in [6, 6.07) is 0. The predicted molar refractivity (Wildman–Crippen MR) is 103 cm³/mol. The highest BCUT2D eigenvalue weighted by Gasteiger charge is 2.17. The number of hydrazone groups is 1. The van der Waals surface area contributed by atoms with Crippen LogP contribution in [0.2, 0.25) is 0 Å². The molecule has 0 heterocycles. The number of rotatable bonds is 6. The van der Waals surface area contributed by atoms with Gasteiger partial charge < -0.3 is 11.1 Å². The van der Waals surface area contributed by atoms with Gasteiger partial charge in [0.1, 0.15) is 0 Å². The van der Waals surface area contributed by atoms with Crippen molar-refractivity contribution >= 4 is 11.4 Å². The summed E-state index contributed by atoms with van der Waals surface area (Å²) in [7, 11) is 0. The number of hydrogen-bond acceptors (Lipinski definition) is 4. The van der Waals surface area contributed by atoms with Gasteiger partial charge in [-0.3, -0.25) is 5.43 Å². The van der Waals surface area contributed by atoms with Gasteiger partial charge in [0.25, 0.3) is 0 Å². The Kier molecular flexibility index (Phi) is 7.54. The van der Waals surface area contributed by atoms with E-state index in [9.17, 15) is 0 Å². The van der Waals surface area contributed by atoms with Crippen LogP contribution in [0.4, 0.5) is 0 Å². The minimum Gasteiger partial charge on any atom is -0.402 e. The molecular weight excluding hydrogens is 296 g/mol. The highest BCUT2D eigenvalue weighted by atomic mass is 15.3. The molecule has 2 aliphatic carbocycles. The molecule has 134 valence electrons. The molecule has 4 N–H and O–H groups in total. The molecule has 0 amide bonds. The SMILES string of the molecule is C/C(=C/C(=N)C1CCCCC1)N/N=C(C)/C=C(/N)C1CCCCC1. The molecule has 2 fully saturated rings. The molecule has 0 aliphatic heterocycles. The first-order chi connectivity index (χ1) is 11.6. The highest BCUT2D eigenvalue weighted by Crippen LogP contribution is 2.27. The molecule has 0 bridgehead atoms. The van der Waals surface area contributed by atoms with Crippen molar-refractivity contribution in [2.45, 2.75) is 78.1 Å². The van der Waals surface area contributed by atoms with Crippen LogP contribution in [0.15, 0.2) is 28.6 Å². The zero-order valence-electron chi connectivity index (χ0n) is 15.4. The third-order valence-electron chi connectivity index (χ3n) is 5.28. The molecule has 0 unspecified atom stereocenters. The topological polar surface area (TPSA) is 74.3 Å². The normalized spacial score (nSPS) is 22.5. The van der Waals surface area contributed by atoms with Crippen molar-refractivity contribution in [3.63, 3.8) is 0 Å². The fourth-order valence-electron chi connectivity index (χ4n) is 3.80. The van der Waals surface area contributed by atoms with Gasteiger partial charge in [-0.25, -0.2) is 0 Å². The lowest BCUT2D eigenvalue weighted by Crippen LogP contribution is -2.18. The monoisotopic (exact) mass is 330 g/mol. The third-order valence-corrected chi connectivity index (χ3v) is 5.28. The van der Waals surface area contributed by atoms with E-state index in [-0.39, 0.29) is 0 Å². The van der Waals surface area contributed by atoms with E-state index in [2.05, 4.69) is 10.5 Å². The van der Waals surface area contributed by atoms with E-state index >= 15 is 0 Å². The van der Waals surface area contributed by atoms with Crippen LogP contribution in [0.1, 0.15) is 78.1 Å². The van der Waals surface area contributed by atoms with Crippen molar-refractivity contribution in [2.24, 2.45) is 22.7 Å². The van der Waals surface area contributed by atoms with Crippen LogP contribution in [-0.2, 0) is 0 Å². The standard InChI is InChI=1S/C20H34N4/c1-15(13-19(21)17-9-5-3-6-10-17)23-24-16(2)14-20(22)18-11-7-4-8-12-18/h13-14,17-18,21,23H,3-12,22H2,1-2H3/b15-13-,20-14+,21-19?,24-16+. The maximum Gasteiger partial charge on any atom is 0.0593 e. The molecule has 2 rings (SSSR count). The average Bonchev–Trinajstić information content (AvgIpc) is 2.61. The first-order valence-corrected chi connectivity index (χ1v) is 9.60. The number of nitrogens with zero attached hydrogens (tertiary/aromatic N) is 1. The van der Waals surface area contributed by atoms with Gasteiger partial charge in [0.15, 0.2) is 0 Å². The van der Waals surface area contributed by atoms with E-state index in [0.717, 1.165) is 35.7 Å². The predicted octanol–water partition coefficient (Wildman–Crippen LogP) is 4.88. The fraction of sp³-hybridized carbons (Fsp3) is 0.700. The maximum atomic E-state index is 8.25. The van der Waals surface area contributed by atoms with Crippen LogP contribution in [0.5, 0.6) is 0 Å². The third kappa shape index (κ3) is 6.14. The van der Waals surface area contributed by atoms with Crippen molar-refractivity contribution in [2.75, 3.05) is 0 Å². The Balaban J connectivity index is 1.85. The van der Waals surface area contributed by atoms with Gasteiger partial charge >= 0.3 is 0 Å². The Morgan fingerprint density at radius 1 is 0.917 bits per heavy atom. The highest BCUT2D eigenvalue weighted by molar-refractivity contribution is 5.95. The average molecular weight is 331 g/mol. The van der Waals surface area contributed by atoms with Gasteiger partial charge in [-0.15, -0.1) is 0 Å². The molecule has 24 heavy (non-hydrogen) atoms. The Bertz CT molecular complexity index is 504. The quantitative estimate of drug-likeness (QED) is 0.479. The lowest BCUT2D eigenvalue weighted by molar-refractivity contribution is 0.400. The largest absolute Gasteiger partial charge is 0.402 e. The van der Waals surface area contributed by atoms with Crippen LogP contribution >= 0.6 is 0 Å². The van der Waals surface area contributed by atoms with Crippen molar-refractivity contribution in [3.05, 3.63) is 23.5 Å². The molecule has 4 nitrogen and oxygen atoms in total. The molecule has 0 radical (unpaired) electrons. The molecule has 0 aromatic heterocycles. The fourth-order valence-corrected chi connectivity index (χ4v) is 3.80. The van der Waals surface area contributed by atoms with E-state index in [1.54, 1.807) is 0 Å². The second-order valence-electron chi connectivity index (χ2n) is 7.46. The van der Waals surface area contributed by atoms with E-state index in [1.807, 2.05) is 26.0 Å². The van der Waals surface area contributed by atoms with E-state index in [0.29, 0.717) is 11.8 Å². The Hall–Kier alpha value is -1.58. The number of nitrogens with two attached hydrogens (primary N) is 1. The molecular formula is C20H34N4. The van der Waals surface area contributed by atoms with Gasteiger partial charge in [0, 0.05) is 23.0 Å². The summed E-state index contributed by atoms with van der Waals surface area (Å²) in [6.07, 6.45) is 16.4. The molecule has 0 atom stereocenters. The van der Waals surface area contributed by atoms with Gasteiger partial charge in [0.2, 0.25) is 0 Å². The minimum absolute atomic E-state index is 0.433. The number of nitrogens with one attached hydrogen (secondary N) is 2. The van der Waals surface area contributed by atoms with Crippen LogP contribution in [0, 0.1) is 17.2 Å². The van der Waals surface area contributed by atoms with Crippen LogP contribution in [-0.4, -0.2) is 11.4 Å². The van der Waals surface area contributed by atoms with Crippen LogP contribution in [0.3, 0.4) is 0 Å². The zero-order chi connectivity index (χ0) is 17.4. The molecule has 2 aliphatic rings. The summed E-state index contributed by atoms with van der Waals surface area (Å²) in [5.41, 5.74) is 12.8. The van der Waals surface area contributed by atoms with Gasteiger partial charge in [-0.2, -0.15) is 5.10 Å². The van der Waals surface area contributed by atoms with Crippen molar-refractivity contribution in [3.8, 4) is 0 Å². The van der Waals surface area contributed by atoms with E-state index < -0.39 is 0 Å². The number of hydrogen-bond donors (Lipinski definition) is 3. The van der Waals surface area contributed by atoms with Crippen molar-refractivity contribution in [1.29, 1.82) is 5.41 Å². The van der Waals surface area contributed by atoms with Gasteiger partial charge in [0.05, 0.1) is 5.71 Å². The second kappa shape index (κ2) is 9.65. The number of allylic oxidation sites excluding steroid dienone is 4. The van der Waals surface area contributed by atoms with Gasteiger partial charge in [-0.1, -0.05) is 38.5 Å². The summed E-state index contributed by atoms with van der Waals surface area (Å²) in [6.45, 7) is 3.95. The van der Waals surface area contributed by atoms with E-state index in [4.69, 9.17) is 11.1 Å². The molecule has 2 saturated carbocycles. The molecule has 0 aromatic carbocycles. The summed E-state index contributed by atoms with van der Waals surface area (Å²) < 4.78 is 0. The van der Waals surface area contributed by atoms with E-state index in [1.165, 1.54) is 51.4 Å². The molecule has 0 spiro atoms. The smallest absolute Gasteiger partial charge is 0.0593 e. The molecule has 4 heteroatoms. The van der Waals surface area contributed by atoms with Crippen LogP contribution < -0.4 is 11.2 Å². The Labute approximate surface area is 147 Å². The zero-order valence-corrected chi connectivity index (χ0v) is 15.4. The second-order valence-corrected chi connectivity index (χ2v) is 7.46. The van der Waals surface area contributed by atoms with Gasteiger partial charge in [-0.05, 0) is 57.6 Å². The first-order valence-electron chi connectivity index (χ1n) is 9.60. The summed E-state index contributed by atoms with van der Waals surface area (Å²) in [5, 5.41) is 12.7. The van der Waals surface area contributed by atoms with Crippen molar-refractivity contribution < 1.29 is 0 Å². The lowest BCUT2D eigenvalue weighted by Gasteiger charge is -2.22. The maximum absolute atomic E-state index is 8.25. The first kappa shape index (κ1) is 18.8. The Morgan fingerprint density at radius 3 is 2.04 bits per heavy atom. The summed E-state index contributed by atoms with van der Waals surface area (Å²) in [5.74, 6) is 0.961. The summed E-state index contributed by atoms with van der Waals surface area (Å²) >= 11 is 0. The lowest BCUT2D eigenvalue weighted by atomic mass is 9.85. The summed E-state index contributed by atoms with van der Waals surface area (Å²) in [4.78, 5) is 0. The van der Waals surface area contributed by atoms with Crippen LogP contribution in [0.25, 0.3) is 0 Å². The minimum atomic E-state index is 0.433. The van der Waals surface area contributed by atoms with Crippen molar-refractivity contribution in [1.82, 2.24) is 5.43 Å².